The van der Waals surface area contributed by atoms with Gasteiger partial charge in [-0.3, -0.25) is 4.79 Å². The van der Waals surface area contributed by atoms with E-state index in [9.17, 15) is 26.4 Å². The number of rotatable bonds is 2. The van der Waals surface area contributed by atoms with Gasteiger partial charge in [-0.1, -0.05) is 0 Å². The Hall–Kier alpha value is -1.61. The van der Waals surface area contributed by atoms with Crippen LogP contribution in [0.25, 0.3) is 0 Å². The predicted octanol–water partition coefficient (Wildman–Crippen LogP) is 1.70. The molecule has 1 aromatic carbocycles. The summed E-state index contributed by atoms with van der Waals surface area (Å²) >= 11 is 0. The zero-order chi connectivity index (χ0) is 16.8. The van der Waals surface area contributed by atoms with E-state index < -0.39 is 21.8 Å². The van der Waals surface area contributed by atoms with Crippen molar-refractivity contribution in [3.63, 3.8) is 0 Å². The second-order valence-corrected chi connectivity index (χ2v) is 7.60. The standard InChI is InChI=1S/C14H15F3N2O3S/c15-14(16,17)10-1-4-12(5-2-10)23(21,22)18-7-8-19-11(9-18)3-6-13(19)20/h1-2,4-5,11H,3,6-9H2/t11-/m1/s1. The van der Waals surface area contributed by atoms with Crippen LogP contribution in [0.4, 0.5) is 13.2 Å². The Kier molecular flexibility index (Phi) is 3.88. The van der Waals surface area contributed by atoms with Crippen LogP contribution < -0.4 is 0 Å². The number of benzene rings is 1. The molecule has 0 aromatic heterocycles. The van der Waals surface area contributed by atoms with Crippen LogP contribution in [0.5, 0.6) is 0 Å². The summed E-state index contributed by atoms with van der Waals surface area (Å²) in [7, 11) is -3.85. The van der Waals surface area contributed by atoms with Crippen LogP contribution in [0.2, 0.25) is 0 Å². The molecule has 2 saturated heterocycles. The summed E-state index contributed by atoms with van der Waals surface area (Å²) in [5.74, 6) is 0.0292. The maximum absolute atomic E-state index is 12.6. The first-order valence-corrected chi connectivity index (χ1v) is 8.60. The first-order valence-electron chi connectivity index (χ1n) is 7.16. The van der Waals surface area contributed by atoms with E-state index in [2.05, 4.69) is 0 Å². The molecule has 126 valence electrons. The number of hydrogen-bond donors (Lipinski definition) is 0. The molecule has 1 atom stereocenters. The molecule has 0 spiro atoms. The number of amides is 1. The third kappa shape index (κ3) is 2.94. The van der Waals surface area contributed by atoms with Crippen molar-refractivity contribution < 1.29 is 26.4 Å². The molecule has 2 aliphatic rings. The summed E-state index contributed by atoms with van der Waals surface area (Å²) < 4.78 is 64.0. The third-order valence-electron chi connectivity index (χ3n) is 4.28. The molecule has 1 amide bonds. The molecule has 3 rings (SSSR count). The number of hydrogen-bond acceptors (Lipinski definition) is 3. The van der Waals surface area contributed by atoms with Gasteiger partial charge in [0.25, 0.3) is 0 Å². The van der Waals surface area contributed by atoms with Gasteiger partial charge in [-0.05, 0) is 30.7 Å². The molecule has 1 aromatic rings. The third-order valence-corrected chi connectivity index (χ3v) is 6.16. The lowest BCUT2D eigenvalue weighted by molar-refractivity contribution is -0.137. The Morgan fingerprint density at radius 1 is 1.09 bits per heavy atom. The summed E-state index contributed by atoms with van der Waals surface area (Å²) in [5, 5.41) is 0. The normalized spacial score (nSPS) is 23.2. The largest absolute Gasteiger partial charge is 0.416 e. The van der Waals surface area contributed by atoms with Gasteiger partial charge in [-0.25, -0.2) is 8.42 Å². The van der Waals surface area contributed by atoms with Crippen molar-refractivity contribution in [2.24, 2.45) is 0 Å². The number of carbonyl (C=O) groups excluding carboxylic acids is 1. The molecule has 0 N–H and O–H groups in total. The van der Waals surface area contributed by atoms with Gasteiger partial charge in [0.15, 0.2) is 0 Å². The van der Waals surface area contributed by atoms with E-state index in [0.29, 0.717) is 19.4 Å². The van der Waals surface area contributed by atoms with Crippen LogP contribution in [0.3, 0.4) is 0 Å². The lowest BCUT2D eigenvalue weighted by Gasteiger charge is -2.36. The van der Waals surface area contributed by atoms with Gasteiger partial charge >= 0.3 is 6.18 Å². The SMILES string of the molecule is O=C1CC[C@@H]2CN(S(=O)(=O)c3ccc(C(F)(F)F)cc3)CCN12. The van der Waals surface area contributed by atoms with Crippen LogP contribution in [-0.2, 0) is 21.0 Å². The molecule has 0 bridgehead atoms. The molecule has 0 saturated carbocycles. The van der Waals surface area contributed by atoms with Crippen LogP contribution in [0, 0.1) is 0 Å². The topological polar surface area (TPSA) is 57.7 Å². The Labute approximate surface area is 131 Å². The van der Waals surface area contributed by atoms with E-state index in [0.717, 1.165) is 24.3 Å². The predicted molar refractivity (Wildman–Crippen MR) is 74.9 cm³/mol. The molecule has 2 fully saturated rings. The molecule has 9 heteroatoms. The second kappa shape index (κ2) is 5.48. The fraction of sp³-hybridized carbons (Fsp3) is 0.500. The number of nitrogens with zero attached hydrogens (tertiary/aromatic N) is 2. The second-order valence-electron chi connectivity index (χ2n) is 5.66. The van der Waals surface area contributed by atoms with Crippen LogP contribution in [0.1, 0.15) is 18.4 Å². The number of carbonyl (C=O) groups is 1. The average Bonchev–Trinajstić information content (AvgIpc) is 2.87. The quantitative estimate of drug-likeness (QED) is 0.817. The number of sulfonamides is 1. The minimum Gasteiger partial charge on any atom is -0.337 e. The highest BCUT2D eigenvalue weighted by molar-refractivity contribution is 7.89. The van der Waals surface area contributed by atoms with E-state index in [4.69, 9.17) is 0 Å². The average molecular weight is 348 g/mol. The Balaban J connectivity index is 1.80. The maximum atomic E-state index is 12.6. The summed E-state index contributed by atoms with van der Waals surface area (Å²) in [5.41, 5.74) is -0.886. The van der Waals surface area contributed by atoms with Crippen molar-refractivity contribution in [3.8, 4) is 0 Å². The van der Waals surface area contributed by atoms with Crippen molar-refractivity contribution in [2.45, 2.75) is 30.0 Å². The first kappa shape index (κ1) is 16.3. The summed E-state index contributed by atoms with van der Waals surface area (Å²) in [6.07, 6.45) is -3.48. The van der Waals surface area contributed by atoms with Gasteiger partial charge in [0, 0.05) is 32.1 Å². The number of alkyl halides is 3. The van der Waals surface area contributed by atoms with E-state index in [-0.39, 0.29) is 29.9 Å². The molecule has 5 nitrogen and oxygen atoms in total. The highest BCUT2D eigenvalue weighted by atomic mass is 32.2. The van der Waals surface area contributed by atoms with E-state index in [1.54, 1.807) is 4.90 Å². The monoisotopic (exact) mass is 348 g/mol. The summed E-state index contributed by atoms with van der Waals surface area (Å²) in [6.45, 7) is 0.671. The van der Waals surface area contributed by atoms with Crippen molar-refractivity contribution in [1.82, 2.24) is 9.21 Å². The van der Waals surface area contributed by atoms with E-state index >= 15 is 0 Å². The van der Waals surface area contributed by atoms with Crippen molar-refractivity contribution >= 4 is 15.9 Å². The van der Waals surface area contributed by atoms with Gasteiger partial charge in [0.1, 0.15) is 0 Å². The smallest absolute Gasteiger partial charge is 0.337 e. The maximum Gasteiger partial charge on any atom is 0.416 e. The summed E-state index contributed by atoms with van der Waals surface area (Å²) in [6, 6.07) is 3.35. The van der Waals surface area contributed by atoms with Crippen LogP contribution >= 0.6 is 0 Å². The van der Waals surface area contributed by atoms with Gasteiger partial charge < -0.3 is 4.90 Å². The lowest BCUT2D eigenvalue weighted by atomic mass is 10.2. The molecular weight excluding hydrogens is 333 g/mol. The highest BCUT2D eigenvalue weighted by Gasteiger charge is 2.39. The fourth-order valence-corrected chi connectivity index (χ4v) is 4.49. The number of halogens is 3. The Morgan fingerprint density at radius 2 is 1.74 bits per heavy atom. The molecular formula is C14H15F3N2O3S. The first-order chi connectivity index (χ1) is 10.7. The highest BCUT2D eigenvalue weighted by Crippen LogP contribution is 2.31. The van der Waals surface area contributed by atoms with Crippen molar-refractivity contribution in [2.75, 3.05) is 19.6 Å². The van der Waals surface area contributed by atoms with E-state index in [1.807, 2.05) is 0 Å². The number of piperazine rings is 1. The lowest BCUT2D eigenvalue weighted by Crippen LogP contribution is -2.53. The zero-order valence-electron chi connectivity index (χ0n) is 12.1. The van der Waals surface area contributed by atoms with Gasteiger partial charge in [-0.15, -0.1) is 0 Å². The van der Waals surface area contributed by atoms with Gasteiger partial charge in [0.05, 0.1) is 10.5 Å². The fourth-order valence-electron chi connectivity index (χ4n) is 3.02. The molecule has 2 heterocycles. The molecule has 2 aliphatic heterocycles. The summed E-state index contributed by atoms with van der Waals surface area (Å²) in [4.78, 5) is 13.1. The van der Waals surface area contributed by atoms with E-state index in [1.165, 1.54) is 4.31 Å². The molecule has 0 aliphatic carbocycles. The van der Waals surface area contributed by atoms with Crippen molar-refractivity contribution in [3.05, 3.63) is 29.8 Å². The minimum absolute atomic E-state index is 0.0292. The Bertz CT molecular complexity index is 716. The zero-order valence-corrected chi connectivity index (χ0v) is 12.9. The van der Waals surface area contributed by atoms with Crippen molar-refractivity contribution in [1.29, 1.82) is 0 Å². The van der Waals surface area contributed by atoms with Gasteiger partial charge in [-0.2, -0.15) is 17.5 Å². The molecule has 0 unspecified atom stereocenters. The van der Waals surface area contributed by atoms with Crippen LogP contribution in [0.15, 0.2) is 29.2 Å². The minimum atomic E-state index is -4.50. The molecule has 23 heavy (non-hydrogen) atoms. The van der Waals surface area contributed by atoms with Gasteiger partial charge in [0.2, 0.25) is 15.9 Å². The van der Waals surface area contributed by atoms with Crippen LogP contribution in [-0.4, -0.2) is 49.2 Å². The number of fused-ring (bicyclic) bond motifs is 1. The Morgan fingerprint density at radius 3 is 2.35 bits per heavy atom. The molecule has 0 radical (unpaired) electrons.